The van der Waals surface area contributed by atoms with E-state index in [0.29, 0.717) is 6.54 Å². The van der Waals surface area contributed by atoms with Gasteiger partial charge in [0.2, 0.25) is 0 Å². The lowest BCUT2D eigenvalue weighted by Crippen LogP contribution is -2.47. The van der Waals surface area contributed by atoms with Crippen LogP contribution in [-0.4, -0.2) is 80.5 Å². The minimum Gasteiger partial charge on any atom is -0.497 e. The van der Waals surface area contributed by atoms with Gasteiger partial charge in [0.05, 0.1) is 33.0 Å². The molecular weight excluding hydrogens is 430 g/mol. The van der Waals surface area contributed by atoms with Gasteiger partial charge in [-0.1, -0.05) is 6.07 Å². The van der Waals surface area contributed by atoms with Crippen LogP contribution < -0.4 is 14.2 Å². The molecule has 0 bridgehead atoms. The lowest BCUT2D eigenvalue weighted by Gasteiger charge is -2.35. The molecule has 182 valence electrons. The molecule has 0 saturated carbocycles. The number of aryl methyl sites for hydroxylation is 1. The fourth-order valence-electron chi connectivity index (χ4n) is 4.65. The average molecular weight is 466 g/mol. The van der Waals surface area contributed by atoms with E-state index in [1.165, 1.54) is 5.56 Å². The van der Waals surface area contributed by atoms with Crippen LogP contribution in [0.3, 0.4) is 0 Å². The first-order valence-electron chi connectivity index (χ1n) is 11.9. The molecule has 0 radical (unpaired) electrons. The fourth-order valence-corrected chi connectivity index (χ4v) is 4.65. The van der Waals surface area contributed by atoms with Crippen molar-refractivity contribution in [1.82, 2.24) is 14.8 Å². The summed E-state index contributed by atoms with van der Waals surface area (Å²) in [5.41, 5.74) is 3.04. The first kappa shape index (κ1) is 24.3. The van der Waals surface area contributed by atoms with E-state index in [4.69, 9.17) is 14.2 Å². The Hall–Kier alpha value is -2.87. The van der Waals surface area contributed by atoms with Crippen LogP contribution in [0.1, 0.15) is 23.7 Å². The first-order valence-corrected chi connectivity index (χ1v) is 11.9. The molecule has 2 heterocycles. The number of aliphatic hydroxyl groups excluding tert-OH is 1. The highest BCUT2D eigenvalue weighted by Gasteiger charge is 2.21. The Morgan fingerprint density at radius 1 is 0.882 bits per heavy atom. The van der Waals surface area contributed by atoms with Crippen molar-refractivity contribution in [2.75, 3.05) is 60.6 Å². The molecular formula is C27H35N3O4. The molecule has 1 saturated heterocycles. The Balaban J connectivity index is 1.26. The lowest BCUT2D eigenvalue weighted by molar-refractivity contribution is 0.0728. The van der Waals surface area contributed by atoms with Crippen LogP contribution >= 0.6 is 0 Å². The molecule has 0 amide bonds. The Morgan fingerprint density at radius 2 is 1.65 bits per heavy atom. The number of piperazine rings is 1. The maximum Gasteiger partial charge on any atom is 0.160 e. The van der Waals surface area contributed by atoms with Crippen LogP contribution in [0.2, 0.25) is 0 Å². The van der Waals surface area contributed by atoms with Crippen molar-refractivity contribution >= 4 is 10.9 Å². The normalized spacial score (nSPS) is 15.9. The van der Waals surface area contributed by atoms with E-state index in [1.807, 2.05) is 30.3 Å². The molecule has 4 rings (SSSR count). The summed E-state index contributed by atoms with van der Waals surface area (Å²) < 4.78 is 16.1. The van der Waals surface area contributed by atoms with Crippen LogP contribution in [0, 0.1) is 0 Å². The zero-order chi connectivity index (χ0) is 23.9. The zero-order valence-electron chi connectivity index (χ0n) is 20.4. The van der Waals surface area contributed by atoms with Gasteiger partial charge < -0.3 is 24.2 Å². The molecule has 34 heavy (non-hydrogen) atoms. The van der Waals surface area contributed by atoms with E-state index in [9.17, 15) is 5.11 Å². The van der Waals surface area contributed by atoms with Crippen molar-refractivity contribution in [3.05, 3.63) is 59.8 Å². The number of fused-ring (bicyclic) bond motifs is 1. The second-order valence-corrected chi connectivity index (χ2v) is 8.73. The van der Waals surface area contributed by atoms with Crippen LogP contribution in [0.25, 0.3) is 10.9 Å². The number of aromatic nitrogens is 1. The third-order valence-electron chi connectivity index (χ3n) is 6.63. The summed E-state index contributed by atoms with van der Waals surface area (Å²) in [5.74, 6) is 2.33. The zero-order valence-corrected chi connectivity index (χ0v) is 20.4. The molecule has 1 aliphatic heterocycles. The number of methoxy groups -OCH3 is 3. The summed E-state index contributed by atoms with van der Waals surface area (Å²) in [6.07, 6.45) is 3.32. The molecule has 0 unspecified atom stereocenters. The number of pyridine rings is 1. The molecule has 1 aliphatic rings. The number of β-amino-alcohol motifs (C(OH)–C–C–N with tert-alkyl or cyclic N) is 1. The minimum atomic E-state index is -0.561. The third kappa shape index (κ3) is 5.78. The second-order valence-electron chi connectivity index (χ2n) is 8.73. The fraction of sp³-hybridized carbons (Fsp3) is 0.444. The van der Waals surface area contributed by atoms with Gasteiger partial charge in [0.25, 0.3) is 0 Å². The maximum absolute atomic E-state index is 11.0. The van der Waals surface area contributed by atoms with Gasteiger partial charge in [0.15, 0.2) is 11.5 Å². The summed E-state index contributed by atoms with van der Waals surface area (Å²) in [6, 6.07) is 13.9. The van der Waals surface area contributed by atoms with Crippen LogP contribution in [0.15, 0.2) is 48.7 Å². The Morgan fingerprint density at radius 3 is 2.38 bits per heavy atom. The monoisotopic (exact) mass is 465 g/mol. The molecule has 3 aromatic rings. The molecule has 1 N–H and O–H groups in total. The van der Waals surface area contributed by atoms with E-state index in [0.717, 1.165) is 79.3 Å². The Bertz CT molecular complexity index is 1080. The quantitative estimate of drug-likeness (QED) is 0.491. The van der Waals surface area contributed by atoms with Crippen LogP contribution in [0.4, 0.5) is 0 Å². The largest absolute Gasteiger partial charge is 0.497 e. The number of rotatable bonds is 10. The number of ether oxygens (including phenoxy) is 3. The van der Waals surface area contributed by atoms with Crippen LogP contribution in [-0.2, 0) is 6.42 Å². The Kier molecular flexibility index (Phi) is 8.21. The van der Waals surface area contributed by atoms with Crippen molar-refractivity contribution in [3.8, 4) is 17.2 Å². The van der Waals surface area contributed by atoms with Gasteiger partial charge in [-0.15, -0.1) is 0 Å². The molecule has 1 fully saturated rings. The lowest BCUT2D eigenvalue weighted by atomic mass is 10.0. The summed E-state index contributed by atoms with van der Waals surface area (Å²) in [7, 11) is 4.99. The summed E-state index contributed by atoms with van der Waals surface area (Å²) in [6.45, 7) is 5.64. The van der Waals surface area contributed by atoms with Crippen molar-refractivity contribution in [2.24, 2.45) is 0 Å². The molecule has 0 spiro atoms. The molecule has 7 heteroatoms. The Labute approximate surface area is 201 Å². The smallest absolute Gasteiger partial charge is 0.160 e. The number of aliphatic hydroxyl groups is 1. The molecule has 1 atom stereocenters. The van der Waals surface area contributed by atoms with Crippen molar-refractivity contribution in [3.63, 3.8) is 0 Å². The summed E-state index contributed by atoms with van der Waals surface area (Å²) in [5, 5.41) is 12.0. The predicted molar refractivity (Wildman–Crippen MR) is 134 cm³/mol. The van der Waals surface area contributed by atoms with Gasteiger partial charge in [-0.3, -0.25) is 9.88 Å². The number of hydrogen-bond acceptors (Lipinski definition) is 7. The molecule has 7 nitrogen and oxygen atoms in total. The topological polar surface area (TPSA) is 67.3 Å². The predicted octanol–water partition coefficient (Wildman–Crippen LogP) is 3.54. The van der Waals surface area contributed by atoms with Crippen molar-refractivity contribution in [2.45, 2.75) is 18.9 Å². The number of nitrogens with zero attached hydrogens (tertiary/aromatic N) is 3. The van der Waals surface area contributed by atoms with Gasteiger partial charge in [-0.05, 0) is 66.9 Å². The standard InChI is InChI=1S/C27H35N3O4/c1-32-21-7-8-24-23(18-21)22(10-11-28-24)25(31)19-30-15-13-29(14-16-30)12-4-5-20-6-9-26(33-2)27(17-20)34-3/h6-11,17-18,25,31H,4-5,12-16,19H2,1-3H3/t25-/m1/s1. The van der Waals surface area contributed by atoms with Crippen molar-refractivity contribution in [1.29, 1.82) is 0 Å². The van der Waals surface area contributed by atoms with E-state index in [-0.39, 0.29) is 0 Å². The molecule has 0 aliphatic carbocycles. The summed E-state index contributed by atoms with van der Waals surface area (Å²) in [4.78, 5) is 9.28. The second kappa shape index (κ2) is 11.5. The molecule has 1 aromatic heterocycles. The first-order chi connectivity index (χ1) is 16.6. The van der Waals surface area contributed by atoms with Gasteiger partial charge in [0.1, 0.15) is 5.75 Å². The van der Waals surface area contributed by atoms with Crippen molar-refractivity contribution < 1.29 is 19.3 Å². The summed E-state index contributed by atoms with van der Waals surface area (Å²) >= 11 is 0. The van der Waals surface area contributed by atoms with E-state index in [1.54, 1.807) is 27.5 Å². The average Bonchev–Trinajstić information content (AvgIpc) is 2.88. The van der Waals surface area contributed by atoms with E-state index in [2.05, 4.69) is 26.9 Å². The van der Waals surface area contributed by atoms with Gasteiger partial charge in [0, 0.05) is 44.3 Å². The van der Waals surface area contributed by atoms with E-state index >= 15 is 0 Å². The number of hydrogen-bond donors (Lipinski definition) is 1. The SMILES string of the molecule is COc1ccc2nccc([C@H](O)CN3CCN(CCCc4ccc(OC)c(OC)c4)CC3)c2c1. The maximum atomic E-state index is 11.0. The highest BCUT2D eigenvalue weighted by Crippen LogP contribution is 2.29. The van der Waals surface area contributed by atoms with Gasteiger partial charge in [-0.2, -0.15) is 0 Å². The van der Waals surface area contributed by atoms with Gasteiger partial charge in [-0.25, -0.2) is 0 Å². The highest BCUT2D eigenvalue weighted by atomic mass is 16.5. The third-order valence-corrected chi connectivity index (χ3v) is 6.63. The van der Waals surface area contributed by atoms with Gasteiger partial charge >= 0.3 is 0 Å². The highest BCUT2D eigenvalue weighted by molar-refractivity contribution is 5.83. The van der Waals surface area contributed by atoms with Crippen LogP contribution in [0.5, 0.6) is 17.2 Å². The number of benzene rings is 2. The molecule has 2 aromatic carbocycles. The van der Waals surface area contributed by atoms with E-state index < -0.39 is 6.10 Å². The minimum absolute atomic E-state index is 0.561.